The molecule has 0 aliphatic carbocycles. The molecule has 0 bridgehead atoms. The van der Waals surface area contributed by atoms with Gasteiger partial charge in [-0.1, -0.05) is 18.2 Å². The molecule has 3 N–H and O–H groups in total. The molecule has 1 amide bonds. The van der Waals surface area contributed by atoms with Crippen molar-refractivity contribution in [2.45, 2.75) is 19.4 Å². The number of amides is 1. The molecule has 2 aromatic rings. The maximum atomic E-state index is 12.3. The van der Waals surface area contributed by atoms with Crippen LogP contribution in [0, 0.1) is 6.92 Å². The van der Waals surface area contributed by atoms with E-state index < -0.39 is 17.9 Å². The van der Waals surface area contributed by atoms with Gasteiger partial charge in [0.2, 0.25) is 0 Å². The lowest BCUT2D eigenvalue weighted by molar-refractivity contribution is -0.139. The van der Waals surface area contributed by atoms with E-state index in [0.717, 1.165) is 0 Å². The van der Waals surface area contributed by atoms with Crippen LogP contribution in [0.25, 0.3) is 10.9 Å². The first-order valence-electron chi connectivity index (χ1n) is 6.54. The van der Waals surface area contributed by atoms with E-state index in [1.54, 1.807) is 31.2 Å². The zero-order valence-electron chi connectivity index (χ0n) is 11.5. The van der Waals surface area contributed by atoms with Gasteiger partial charge in [0, 0.05) is 24.1 Å². The van der Waals surface area contributed by atoms with Gasteiger partial charge in [-0.05, 0) is 19.1 Å². The normalized spacial score (nSPS) is 12.1. The number of benzene rings is 1. The fourth-order valence-corrected chi connectivity index (χ4v) is 2.12. The maximum Gasteiger partial charge on any atom is 0.326 e. The lowest BCUT2D eigenvalue weighted by atomic mass is 10.1. The van der Waals surface area contributed by atoms with Crippen LogP contribution in [0.5, 0.6) is 0 Å². The fraction of sp³-hybridized carbons (Fsp3) is 0.267. The second-order valence-electron chi connectivity index (χ2n) is 4.70. The fourth-order valence-electron chi connectivity index (χ4n) is 2.12. The number of nitrogens with one attached hydrogen (secondary N) is 1. The van der Waals surface area contributed by atoms with Crippen LogP contribution in [0.15, 0.2) is 30.3 Å². The zero-order chi connectivity index (χ0) is 15.4. The monoisotopic (exact) mass is 288 g/mol. The molecule has 1 aromatic heterocycles. The molecule has 2 rings (SSSR count). The Hall–Kier alpha value is -2.47. The van der Waals surface area contributed by atoms with Crippen molar-refractivity contribution in [1.82, 2.24) is 10.3 Å². The van der Waals surface area contributed by atoms with Crippen molar-refractivity contribution in [2.75, 3.05) is 6.61 Å². The van der Waals surface area contributed by atoms with E-state index in [0.29, 0.717) is 22.2 Å². The zero-order valence-corrected chi connectivity index (χ0v) is 11.5. The summed E-state index contributed by atoms with van der Waals surface area (Å²) in [6.45, 7) is 1.46. The Morgan fingerprint density at radius 1 is 1.33 bits per heavy atom. The number of aryl methyl sites for hydroxylation is 1. The molecule has 0 aliphatic heterocycles. The van der Waals surface area contributed by atoms with E-state index >= 15 is 0 Å². The van der Waals surface area contributed by atoms with Crippen molar-refractivity contribution in [3.05, 3.63) is 41.6 Å². The standard InChI is InChI=1S/C15H16N2O4/c1-9-8-11(10-4-2-3-5-12(10)16-9)14(19)17-13(6-7-18)15(20)21/h2-5,8,13,18H,6-7H2,1H3,(H,17,19)(H,20,21). The quantitative estimate of drug-likeness (QED) is 0.765. The summed E-state index contributed by atoms with van der Waals surface area (Å²) >= 11 is 0. The maximum absolute atomic E-state index is 12.3. The second kappa shape index (κ2) is 6.32. The van der Waals surface area contributed by atoms with Crippen molar-refractivity contribution < 1.29 is 19.8 Å². The molecular formula is C15H16N2O4. The molecule has 0 fully saturated rings. The van der Waals surface area contributed by atoms with Crippen molar-refractivity contribution >= 4 is 22.8 Å². The van der Waals surface area contributed by atoms with Gasteiger partial charge in [0.25, 0.3) is 5.91 Å². The van der Waals surface area contributed by atoms with E-state index in [4.69, 9.17) is 10.2 Å². The van der Waals surface area contributed by atoms with Gasteiger partial charge in [-0.3, -0.25) is 9.78 Å². The third-order valence-corrected chi connectivity index (χ3v) is 3.11. The summed E-state index contributed by atoms with van der Waals surface area (Å²) in [4.78, 5) is 27.7. The number of hydrogen-bond acceptors (Lipinski definition) is 4. The summed E-state index contributed by atoms with van der Waals surface area (Å²) in [7, 11) is 0. The Labute approximate surface area is 121 Å². The molecule has 0 aliphatic rings. The number of nitrogens with zero attached hydrogens (tertiary/aromatic N) is 1. The predicted molar refractivity (Wildman–Crippen MR) is 77.1 cm³/mol. The van der Waals surface area contributed by atoms with Gasteiger partial charge in [-0.25, -0.2) is 4.79 Å². The van der Waals surface area contributed by atoms with Crippen molar-refractivity contribution in [2.24, 2.45) is 0 Å². The van der Waals surface area contributed by atoms with Crippen LogP contribution in [0.4, 0.5) is 0 Å². The van der Waals surface area contributed by atoms with Crippen LogP contribution in [0.1, 0.15) is 22.5 Å². The van der Waals surface area contributed by atoms with Crippen LogP contribution in [-0.4, -0.2) is 39.7 Å². The van der Waals surface area contributed by atoms with Gasteiger partial charge in [-0.15, -0.1) is 0 Å². The topological polar surface area (TPSA) is 99.5 Å². The minimum Gasteiger partial charge on any atom is -0.480 e. The summed E-state index contributed by atoms with van der Waals surface area (Å²) in [5.74, 6) is -1.66. The average molecular weight is 288 g/mol. The summed E-state index contributed by atoms with van der Waals surface area (Å²) in [5.41, 5.74) is 1.73. The number of fused-ring (bicyclic) bond motifs is 1. The van der Waals surface area contributed by atoms with Gasteiger partial charge in [0.05, 0.1) is 11.1 Å². The largest absolute Gasteiger partial charge is 0.480 e. The minimum atomic E-state index is -1.17. The average Bonchev–Trinajstić information content (AvgIpc) is 2.45. The molecule has 0 saturated heterocycles. The highest BCUT2D eigenvalue weighted by molar-refractivity contribution is 6.07. The molecule has 0 radical (unpaired) electrons. The number of carbonyl (C=O) groups is 2. The molecule has 1 heterocycles. The van der Waals surface area contributed by atoms with E-state index in [9.17, 15) is 9.59 Å². The van der Waals surface area contributed by atoms with E-state index in [2.05, 4.69) is 10.3 Å². The smallest absolute Gasteiger partial charge is 0.326 e. The molecule has 0 saturated carbocycles. The van der Waals surface area contributed by atoms with Crippen LogP contribution >= 0.6 is 0 Å². The van der Waals surface area contributed by atoms with E-state index in [-0.39, 0.29) is 13.0 Å². The molecule has 6 nitrogen and oxygen atoms in total. The number of para-hydroxylation sites is 1. The van der Waals surface area contributed by atoms with Gasteiger partial charge in [-0.2, -0.15) is 0 Å². The Balaban J connectivity index is 2.37. The number of aromatic nitrogens is 1. The first kappa shape index (κ1) is 14.9. The van der Waals surface area contributed by atoms with Crippen LogP contribution in [0.3, 0.4) is 0 Å². The number of aliphatic carboxylic acids is 1. The Morgan fingerprint density at radius 2 is 2.05 bits per heavy atom. The molecular weight excluding hydrogens is 272 g/mol. The number of carbonyl (C=O) groups excluding carboxylic acids is 1. The number of pyridine rings is 1. The van der Waals surface area contributed by atoms with Crippen LogP contribution in [-0.2, 0) is 4.79 Å². The summed E-state index contributed by atoms with van der Waals surface area (Å²) in [6.07, 6.45) is -0.0386. The lowest BCUT2D eigenvalue weighted by Crippen LogP contribution is -2.41. The minimum absolute atomic E-state index is 0.0386. The second-order valence-corrected chi connectivity index (χ2v) is 4.70. The van der Waals surface area contributed by atoms with Crippen LogP contribution < -0.4 is 5.32 Å². The SMILES string of the molecule is Cc1cc(C(=O)NC(CCO)C(=O)O)c2ccccc2n1. The van der Waals surface area contributed by atoms with Crippen molar-refractivity contribution in [3.63, 3.8) is 0 Å². The van der Waals surface area contributed by atoms with Crippen molar-refractivity contribution in [1.29, 1.82) is 0 Å². The summed E-state index contributed by atoms with van der Waals surface area (Å²) in [6, 6.07) is 7.67. The highest BCUT2D eigenvalue weighted by Gasteiger charge is 2.21. The van der Waals surface area contributed by atoms with E-state index in [1.807, 2.05) is 6.07 Å². The first-order chi connectivity index (χ1) is 10.0. The Bertz CT molecular complexity index is 684. The molecule has 1 aromatic carbocycles. The summed E-state index contributed by atoms with van der Waals surface area (Å²) in [5, 5.41) is 21.0. The number of aliphatic hydroxyl groups is 1. The number of carboxylic acids is 1. The molecule has 6 heteroatoms. The molecule has 110 valence electrons. The summed E-state index contributed by atoms with van der Waals surface area (Å²) < 4.78 is 0. The van der Waals surface area contributed by atoms with E-state index in [1.165, 1.54) is 0 Å². The van der Waals surface area contributed by atoms with Crippen LogP contribution in [0.2, 0.25) is 0 Å². The lowest BCUT2D eigenvalue weighted by Gasteiger charge is -2.14. The number of rotatable bonds is 5. The number of carboxylic acid groups (broad SMARTS) is 1. The Kier molecular flexibility index (Phi) is 4.49. The van der Waals surface area contributed by atoms with Gasteiger partial charge in [0.15, 0.2) is 0 Å². The predicted octanol–water partition coefficient (Wildman–Crippen LogP) is 1.11. The van der Waals surface area contributed by atoms with Gasteiger partial charge < -0.3 is 15.5 Å². The molecule has 1 atom stereocenters. The van der Waals surface area contributed by atoms with Gasteiger partial charge in [0.1, 0.15) is 6.04 Å². The third-order valence-electron chi connectivity index (χ3n) is 3.11. The number of aliphatic hydroxyl groups excluding tert-OH is 1. The molecule has 1 unspecified atom stereocenters. The Morgan fingerprint density at radius 3 is 2.71 bits per heavy atom. The van der Waals surface area contributed by atoms with Gasteiger partial charge >= 0.3 is 5.97 Å². The third kappa shape index (κ3) is 3.35. The van der Waals surface area contributed by atoms with Crippen molar-refractivity contribution in [3.8, 4) is 0 Å². The highest BCUT2D eigenvalue weighted by atomic mass is 16.4. The number of hydrogen-bond donors (Lipinski definition) is 3. The molecule has 0 spiro atoms. The first-order valence-corrected chi connectivity index (χ1v) is 6.54. The highest BCUT2D eigenvalue weighted by Crippen LogP contribution is 2.18. The molecule has 21 heavy (non-hydrogen) atoms.